The summed E-state index contributed by atoms with van der Waals surface area (Å²) < 4.78 is 26.0. The standard InChI is InChI=1S/C32H38F2N4/c1-21-15-27(16-21)38-22(2)6-8-26-17-25(20-35-31(26)38)5-4-12-37-13-10-32(11-14-37)23(3)36-29-9-7-24(18-28(29)32)19-30(33)34/h6-9,17-18,20-21,27,30,36H,2-5,10-16,19H2,1H3. The summed E-state index contributed by atoms with van der Waals surface area (Å²) in [6.07, 6.45) is 10.3. The summed E-state index contributed by atoms with van der Waals surface area (Å²) >= 11 is 0. The molecule has 1 aromatic heterocycles. The first-order chi connectivity index (χ1) is 18.3. The molecular formula is C32H38F2N4. The summed E-state index contributed by atoms with van der Waals surface area (Å²) in [6.45, 7) is 13.9. The second-order valence-corrected chi connectivity index (χ2v) is 11.8. The number of likely N-dealkylation sites (tertiary alicyclic amines) is 1. The van der Waals surface area contributed by atoms with Gasteiger partial charge in [0.2, 0.25) is 6.43 Å². The average molecular weight is 517 g/mol. The zero-order valence-corrected chi connectivity index (χ0v) is 22.4. The van der Waals surface area contributed by atoms with Crippen LogP contribution in [0.3, 0.4) is 0 Å². The number of nitrogens with one attached hydrogen (secondary N) is 1. The van der Waals surface area contributed by atoms with E-state index in [9.17, 15) is 8.78 Å². The van der Waals surface area contributed by atoms with Crippen molar-refractivity contribution in [2.24, 2.45) is 5.92 Å². The van der Waals surface area contributed by atoms with Crippen LogP contribution in [0.5, 0.6) is 0 Å². The third-order valence-electron chi connectivity index (χ3n) is 9.16. The topological polar surface area (TPSA) is 31.4 Å². The molecule has 38 heavy (non-hydrogen) atoms. The SMILES string of the molecule is C=C1C=Cc2cc(CCCN3CCC4(CC3)C(=C)Nc3ccc(CC(F)F)cc34)cnc2N1C1CC(C)C1. The normalized spacial score (nSPS) is 23.9. The van der Waals surface area contributed by atoms with E-state index < -0.39 is 6.43 Å². The van der Waals surface area contributed by atoms with Gasteiger partial charge in [-0.2, -0.15) is 0 Å². The lowest BCUT2D eigenvalue weighted by atomic mass is 9.72. The molecule has 2 fully saturated rings. The van der Waals surface area contributed by atoms with E-state index in [0.29, 0.717) is 11.6 Å². The van der Waals surface area contributed by atoms with Gasteiger partial charge in [0.15, 0.2) is 0 Å². The molecule has 1 saturated heterocycles. The predicted octanol–water partition coefficient (Wildman–Crippen LogP) is 6.94. The van der Waals surface area contributed by atoms with Crippen molar-refractivity contribution in [3.05, 3.63) is 83.3 Å². The molecule has 2 aromatic rings. The Balaban J connectivity index is 1.05. The highest BCUT2D eigenvalue weighted by Crippen LogP contribution is 2.50. The lowest BCUT2D eigenvalue weighted by Gasteiger charge is -2.44. The molecule has 1 aromatic carbocycles. The molecule has 1 saturated carbocycles. The number of allylic oxidation sites excluding steroid dienone is 2. The van der Waals surface area contributed by atoms with Crippen molar-refractivity contribution in [2.45, 2.75) is 69.8 Å². The Morgan fingerprint density at radius 3 is 2.63 bits per heavy atom. The number of aromatic nitrogens is 1. The Morgan fingerprint density at radius 1 is 1.11 bits per heavy atom. The van der Waals surface area contributed by atoms with Crippen LogP contribution in [0.4, 0.5) is 20.3 Å². The Morgan fingerprint density at radius 2 is 1.89 bits per heavy atom. The number of alkyl halides is 2. The maximum Gasteiger partial charge on any atom is 0.242 e. The molecule has 200 valence electrons. The van der Waals surface area contributed by atoms with Crippen LogP contribution >= 0.6 is 0 Å². The number of hydrogen-bond donors (Lipinski definition) is 1. The van der Waals surface area contributed by atoms with Crippen molar-refractivity contribution in [3.63, 3.8) is 0 Å². The lowest BCUT2D eigenvalue weighted by Crippen LogP contribution is -2.44. The molecule has 0 amide bonds. The second kappa shape index (κ2) is 9.96. The van der Waals surface area contributed by atoms with E-state index in [1.54, 1.807) is 0 Å². The van der Waals surface area contributed by atoms with Crippen molar-refractivity contribution in [2.75, 3.05) is 29.9 Å². The van der Waals surface area contributed by atoms with Gasteiger partial charge in [-0.05, 0) is 105 Å². The minimum absolute atomic E-state index is 0.146. The summed E-state index contributed by atoms with van der Waals surface area (Å²) in [6, 6.07) is 8.57. The number of halogens is 2. The van der Waals surface area contributed by atoms with E-state index in [4.69, 9.17) is 4.98 Å². The quantitative estimate of drug-likeness (QED) is 0.432. The predicted molar refractivity (Wildman–Crippen MR) is 152 cm³/mol. The molecular weight excluding hydrogens is 478 g/mol. The third-order valence-corrected chi connectivity index (χ3v) is 9.16. The zero-order chi connectivity index (χ0) is 26.4. The van der Waals surface area contributed by atoms with Crippen molar-refractivity contribution in [3.8, 4) is 0 Å². The van der Waals surface area contributed by atoms with Crippen molar-refractivity contribution >= 4 is 17.6 Å². The van der Waals surface area contributed by atoms with E-state index >= 15 is 0 Å². The number of rotatable bonds is 7. The Hall–Kier alpha value is -2.99. The Bertz CT molecular complexity index is 1270. The van der Waals surface area contributed by atoms with E-state index in [1.165, 1.54) is 24.0 Å². The molecule has 1 spiro atoms. The van der Waals surface area contributed by atoms with Crippen molar-refractivity contribution in [1.82, 2.24) is 9.88 Å². The first kappa shape index (κ1) is 25.3. The van der Waals surface area contributed by atoms with Crippen LogP contribution < -0.4 is 10.2 Å². The first-order valence-electron chi connectivity index (χ1n) is 14.1. The van der Waals surface area contributed by atoms with Crippen LogP contribution in [0.1, 0.15) is 61.3 Å². The average Bonchev–Trinajstić information content (AvgIpc) is 3.13. The highest BCUT2D eigenvalue weighted by molar-refractivity contribution is 5.74. The van der Waals surface area contributed by atoms with E-state index in [-0.39, 0.29) is 11.8 Å². The van der Waals surface area contributed by atoms with Crippen LogP contribution in [0.15, 0.2) is 61.1 Å². The molecule has 0 radical (unpaired) electrons. The van der Waals surface area contributed by atoms with E-state index in [2.05, 4.69) is 53.4 Å². The Kier molecular flexibility index (Phi) is 6.63. The van der Waals surface area contributed by atoms with Crippen LogP contribution in [0.25, 0.3) is 6.08 Å². The number of benzene rings is 1. The summed E-state index contributed by atoms with van der Waals surface area (Å²) in [5.74, 6) is 1.84. The minimum atomic E-state index is -2.32. The monoisotopic (exact) mass is 516 g/mol. The molecule has 4 aliphatic rings. The van der Waals surface area contributed by atoms with Crippen LogP contribution in [0, 0.1) is 5.92 Å². The van der Waals surface area contributed by atoms with Gasteiger partial charge in [-0.3, -0.25) is 0 Å². The van der Waals surface area contributed by atoms with Gasteiger partial charge in [0.25, 0.3) is 0 Å². The molecule has 3 aliphatic heterocycles. The van der Waals surface area contributed by atoms with Gasteiger partial charge in [-0.25, -0.2) is 13.8 Å². The lowest BCUT2D eigenvalue weighted by molar-refractivity contribution is 0.149. The van der Waals surface area contributed by atoms with Gasteiger partial charge >= 0.3 is 0 Å². The first-order valence-corrected chi connectivity index (χ1v) is 14.1. The minimum Gasteiger partial charge on any atom is -0.358 e. The number of fused-ring (bicyclic) bond motifs is 3. The molecule has 0 unspecified atom stereocenters. The fourth-order valence-corrected chi connectivity index (χ4v) is 6.94. The maximum absolute atomic E-state index is 13.0. The second-order valence-electron chi connectivity index (χ2n) is 11.8. The van der Waals surface area contributed by atoms with Crippen molar-refractivity contribution in [1.29, 1.82) is 0 Å². The van der Waals surface area contributed by atoms with Gasteiger partial charge in [0.05, 0.1) is 0 Å². The molecule has 6 heteroatoms. The number of aryl methyl sites for hydroxylation is 1. The fourth-order valence-electron chi connectivity index (χ4n) is 6.94. The summed E-state index contributed by atoms with van der Waals surface area (Å²) in [4.78, 5) is 9.76. The zero-order valence-electron chi connectivity index (χ0n) is 22.4. The van der Waals surface area contributed by atoms with Crippen LogP contribution in [0.2, 0.25) is 0 Å². The van der Waals surface area contributed by atoms with E-state index in [0.717, 1.165) is 79.7 Å². The summed E-state index contributed by atoms with van der Waals surface area (Å²) in [5.41, 5.74) is 7.29. The third kappa shape index (κ3) is 4.57. The maximum atomic E-state index is 13.0. The van der Waals surface area contributed by atoms with Crippen molar-refractivity contribution < 1.29 is 8.78 Å². The van der Waals surface area contributed by atoms with Crippen LogP contribution in [-0.4, -0.2) is 42.0 Å². The molecule has 0 bridgehead atoms. The molecule has 4 heterocycles. The Labute approximate surface area is 225 Å². The van der Waals surface area contributed by atoms with Gasteiger partial charge in [0, 0.05) is 46.7 Å². The van der Waals surface area contributed by atoms with Gasteiger partial charge in [0.1, 0.15) is 5.82 Å². The number of piperidine rings is 1. The smallest absolute Gasteiger partial charge is 0.242 e. The van der Waals surface area contributed by atoms with Gasteiger partial charge in [-0.15, -0.1) is 0 Å². The molecule has 0 atom stereocenters. The number of anilines is 2. The number of pyridine rings is 1. The van der Waals surface area contributed by atoms with E-state index in [1.807, 2.05) is 24.4 Å². The molecule has 6 rings (SSSR count). The number of nitrogens with zero attached hydrogens (tertiary/aromatic N) is 3. The highest BCUT2D eigenvalue weighted by atomic mass is 19.3. The van der Waals surface area contributed by atoms with Crippen LogP contribution in [-0.2, 0) is 18.3 Å². The summed E-state index contributed by atoms with van der Waals surface area (Å²) in [5, 5.41) is 3.44. The van der Waals surface area contributed by atoms with Gasteiger partial charge in [-0.1, -0.05) is 32.2 Å². The molecule has 1 N–H and O–H groups in total. The summed E-state index contributed by atoms with van der Waals surface area (Å²) in [7, 11) is 0. The largest absolute Gasteiger partial charge is 0.358 e. The highest BCUT2D eigenvalue weighted by Gasteiger charge is 2.44. The van der Waals surface area contributed by atoms with Gasteiger partial charge < -0.3 is 15.1 Å². The number of hydrogen-bond acceptors (Lipinski definition) is 4. The molecule has 1 aliphatic carbocycles. The fraction of sp³-hybridized carbons (Fsp3) is 0.469. The molecule has 4 nitrogen and oxygen atoms in total.